The van der Waals surface area contributed by atoms with Gasteiger partial charge in [-0.15, -0.1) is 0 Å². The average molecular weight is 310 g/mol. The molecule has 0 heterocycles. The Balaban J connectivity index is 1.99. The standard InChI is InChI=1S/C15H13Cl2NO2/c1-10(11-5-3-2-4-6-11)20-15(19)18-14-8-12(16)7-13(17)9-14/h2-10H,1H3,(H,18,19)/t10-/m0/s1. The first-order chi connectivity index (χ1) is 9.54. The highest BCUT2D eigenvalue weighted by atomic mass is 35.5. The lowest BCUT2D eigenvalue weighted by Crippen LogP contribution is -2.16. The van der Waals surface area contributed by atoms with Crippen LogP contribution in [0.4, 0.5) is 10.5 Å². The summed E-state index contributed by atoms with van der Waals surface area (Å²) in [6.45, 7) is 1.81. The van der Waals surface area contributed by atoms with Crippen LogP contribution < -0.4 is 5.32 Å². The zero-order valence-electron chi connectivity index (χ0n) is 10.8. The highest BCUT2D eigenvalue weighted by Gasteiger charge is 2.11. The summed E-state index contributed by atoms with van der Waals surface area (Å²) in [5.74, 6) is 0. The van der Waals surface area contributed by atoms with Crippen molar-refractivity contribution in [2.75, 3.05) is 5.32 Å². The van der Waals surface area contributed by atoms with Crippen LogP contribution in [0.2, 0.25) is 10.0 Å². The van der Waals surface area contributed by atoms with E-state index in [0.717, 1.165) is 5.56 Å². The summed E-state index contributed by atoms with van der Waals surface area (Å²) in [5.41, 5.74) is 1.42. The molecular weight excluding hydrogens is 297 g/mol. The Labute approximate surface area is 127 Å². The van der Waals surface area contributed by atoms with Gasteiger partial charge in [0.1, 0.15) is 6.10 Å². The molecule has 5 heteroatoms. The van der Waals surface area contributed by atoms with E-state index in [-0.39, 0.29) is 6.10 Å². The van der Waals surface area contributed by atoms with Gasteiger partial charge in [0.15, 0.2) is 0 Å². The van der Waals surface area contributed by atoms with Crippen LogP contribution in [0.5, 0.6) is 0 Å². The van der Waals surface area contributed by atoms with E-state index in [9.17, 15) is 4.79 Å². The molecule has 104 valence electrons. The molecule has 1 atom stereocenters. The van der Waals surface area contributed by atoms with Gasteiger partial charge in [0, 0.05) is 15.7 Å². The summed E-state index contributed by atoms with van der Waals surface area (Å²) in [5, 5.41) is 3.49. The van der Waals surface area contributed by atoms with Crippen LogP contribution >= 0.6 is 23.2 Å². The van der Waals surface area contributed by atoms with Gasteiger partial charge >= 0.3 is 6.09 Å². The molecule has 0 radical (unpaired) electrons. The minimum atomic E-state index is -0.556. The summed E-state index contributed by atoms with van der Waals surface area (Å²) in [7, 11) is 0. The molecular formula is C15H13Cl2NO2. The summed E-state index contributed by atoms with van der Waals surface area (Å²) < 4.78 is 5.28. The Morgan fingerprint density at radius 3 is 2.30 bits per heavy atom. The molecule has 0 aromatic heterocycles. The fraction of sp³-hybridized carbons (Fsp3) is 0.133. The van der Waals surface area contributed by atoms with Gasteiger partial charge < -0.3 is 4.74 Å². The van der Waals surface area contributed by atoms with E-state index >= 15 is 0 Å². The number of nitrogens with one attached hydrogen (secondary N) is 1. The third-order valence-corrected chi connectivity index (χ3v) is 3.10. The van der Waals surface area contributed by atoms with Gasteiger partial charge in [0.05, 0.1) is 0 Å². The van der Waals surface area contributed by atoms with Crippen LogP contribution in [-0.2, 0) is 4.74 Å². The van der Waals surface area contributed by atoms with Crippen LogP contribution in [0, 0.1) is 0 Å². The third kappa shape index (κ3) is 4.15. The zero-order valence-corrected chi connectivity index (χ0v) is 12.3. The van der Waals surface area contributed by atoms with E-state index in [2.05, 4.69) is 5.32 Å². The topological polar surface area (TPSA) is 38.3 Å². The van der Waals surface area contributed by atoms with Crippen LogP contribution in [0.25, 0.3) is 0 Å². The maximum Gasteiger partial charge on any atom is 0.412 e. The van der Waals surface area contributed by atoms with E-state index in [1.807, 2.05) is 30.3 Å². The fourth-order valence-corrected chi connectivity index (χ4v) is 2.25. The number of amides is 1. The predicted octanol–water partition coefficient (Wildman–Crippen LogP) is 5.30. The van der Waals surface area contributed by atoms with Gasteiger partial charge in [0.2, 0.25) is 0 Å². The van der Waals surface area contributed by atoms with E-state index in [1.54, 1.807) is 25.1 Å². The van der Waals surface area contributed by atoms with Crippen molar-refractivity contribution in [3.63, 3.8) is 0 Å². The van der Waals surface area contributed by atoms with Crippen molar-refractivity contribution in [3.05, 3.63) is 64.1 Å². The molecule has 0 fully saturated rings. The van der Waals surface area contributed by atoms with Crippen LogP contribution in [0.15, 0.2) is 48.5 Å². The van der Waals surface area contributed by atoms with E-state index in [1.165, 1.54) is 0 Å². The van der Waals surface area contributed by atoms with Crippen LogP contribution in [0.1, 0.15) is 18.6 Å². The quantitative estimate of drug-likeness (QED) is 0.835. The Kier molecular flexibility index (Phi) is 4.88. The van der Waals surface area contributed by atoms with E-state index < -0.39 is 6.09 Å². The molecule has 0 saturated heterocycles. The molecule has 2 aromatic carbocycles. The van der Waals surface area contributed by atoms with Gasteiger partial charge in [-0.1, -0.05) is 53.5 Å². The van der Waals surface area contributed by atoms with Gasteiger partial charge in [-0.25, -0.2) is 4.79 Å². The van der Waals surface area contributed by atoms with Gasteiger partial charge in [-0.05, 0) is 30.7 Å². The number of hydrogen-bond donors (Lipinski definition) is 1. The second-order valence-electron chi connectivity index (χ2n) is 4.24. The second-order valence-corrected chi connectivity index (χ2v) is 5.11. The monoisotopic (exact) mass is 309 g/mol. The SMILES string of the molecule is C[C@H](OC(=O)Nc1cc(Cl)cc(Cl)c1)c1ccccc1. The first-order valence-corrected chi connectivity index (χ1v) is 6.79. The Morgan fingerprint density at radius 2 is 1.70 bits per heavy atom. The maximum absolute atomic E-state index is 11.8. The number of ether oxygens (including phenoxy) is 1. The molecule has 0 aliphatic rings. The van der Waals surface area contributed by atoms with Crippen molar-refractivity contribution < 1.29 is 9.53 Å². The molecule has 3 nitrogen and oxygen atoms in total. The Morgan fingerprint density at radius 1 is 1.10 bits per heavy atom. The van der Waals surface area contributed by atoms with Crippen LogP contribution in [0.3, 0.4) is 0 Å². The number of halogens is 2. The average Bonchev–Trinajstić information content (AvgIpc) is 2.38. The zero-order chi connectivity index (χ0) is 14.5. The van der Waals surface area contributed by atoms with Crippen LogP contribution in [-0.4, -0.2) is 6.09 Å². The summed E-state index contributed by atoms with van der Waals surface area (Å²) in [4.78, 5) is 11.8. The Hall–Kier alpha value is -1.71. The molecule has 0 unspecified atom stereocenters. The molecule has 0 saturated carbocycles. The largest absolute Gasteiger partial charge is 0.441 e. The third-order valence-electron chi connectivity index (χ3n) is 2.66. The highest BCUT2D eigenvalue weighted by molar-refractivity contribution is 6.35. The van der Waals surface area contributed by atoms with Gasteiger partial charge in [-0.3, -0.25) is 5.32 Å². The maximum atomic E-state index is 11.8. The molecule has 1 amide bonds. The normalized spacial score (nSPS) is 11.8. The van der Waals surface area contributed by atoms with E-state index in [0.29, 0.717) is 15.7 Å². The number of anilines is 1. The molecule has 0 aliphatic carbocycles. The Bertz CT molecular complexity index is 582. The molecule has 0 aliphatic heterocycles. The second kappa shape index (κ2) is 6.64. The minimum Gasteiger partial charge on any atom is -0.441 e. The fourth-order valence-electron chi connectivity index (χ4n) is 1.73. The molecule has 20 heavy (non-hydrogen) atoms. The molecule has 1 N–H and O–H groups in total. The number of carbonyl (C=O) groups is 1. The van der Waals surface area contributed by atoms with Gasteiger partial charge in [-0.2, -0.15) is 0 Å². The van der Waals surface area contributed by atoms with Crippen molar-refractivity contribution in [2.45, 2.75) is 13.0 Å². The predicted molar refractivity (Wildman–Crippen MR) is 81.4 cm³/mol. The summed E-state index contributed by atoms with van der Waals surface area (Å²) >= 11 is 11.7. The first-order valence-electron chi connectivity index (χ1n) is 6.03. The lowest BCUT2D eigenvalue weighted by molar-refractivity contribution is 0.121. The molecule has 0 bridgehead atoms. The van der Waals surface area contributed by atoms with Crippen molar-refractivity contribution in [1.82, 2.24) is 0 Å². The number of hydrogen-bond acceptors (Lipinski definition) is 2. The summed E-state index contributed by atoms with van der Waals surface area (Å²) in [6.07, 6.45) is -0.898. The molecule has 0 spiro atoms. The lowest BCUT2D eigenvalue weighted by atomic mass is 10.1. The van der Waals surface area contributed by atoms with Crippen molar-refractivity contribution >= 4 is 35.0 Å². The smallest absolute Gasteiger partial charge is 0.412 e. The molecule has 2 rings (SSSR count). The number of carbonyl (C=O) groups excluding carboxylic acids is 1. The van der Waals surface area contributed by atoms with Crippen molar-refractivity contribution in [2.24, 2.45) is 0 Å². The number of benzene rings is 2. The van der Waals surface area contributed by atoms with Crippen molar-refractivity contribution in [1.29, 1.82) is 0 Å². The first kappa shape index (κ1) is 14.7. The highest BCUT2D eigenvalue weighted by Crippen LogP contribution is 2.23. The summed E-state index contributed by atoms with van der Waals surface area (Å²) in [6, 6.07) is 14.3. The lowest BCUT2D eigenvalue weighted by Gasteiger charge is -2.14. The molecule has 2 aromatic rings. The number of rotatable bonds is 3. The van der Waals surface area contributed by atoms with E-state index in [4.69, 9.17) is 27.9 Å². The van der Waals surface area contributed by atoms with Crippen molar-refractivity contribution in [3.8, 4) is 0 Å². The minimum absolute atomic E-state index is 0.342. The van der Waals surface area contributed by atoms with Gasteiger partial charge in [0.25, 0.3) is 0 Å².